The Labute approximate surface area is 138 Å². The summed E-state index contributed by atoms with van der Waals surface area (Å²) in [4.78, 5) is 11.5. The van der Waals surface area contributed by atoms with Gasteiger partial charge in [0.05, 0.1) is 18.6 Å². The molecule has 0 aliphatic carbocycles. The topological polar surface area (TPSA) is 35.5 Å². The molecule has 0 N–H and O–H groups in total. The molecule has 0 bridgehead atoms. The number of hydrogen-bond acceptors (Lipinski definition) is 3. The second-order valence-corrected chi connectivity index (χ2v) is 5.07. The Bertz CT molecular complexity index is 696. The third kappa shape index (κ3) is 5.01. The van der Waals surface area contributed by atoms with Gasteiger partial charge >= 0.3 is 12.1 Å². The van der Waals surface area contributed by atoms with Crippen molar-refractivity contribution in [3.63, 3.8) is 0 Å². The maximum atomic E-state index is 12.9. The summed E-state index contributed by atoms with van der Waals surface area (Å²) >= 11 is 0. The van der Waals surface area contributed by atoms with Crippen molar-refractivity contribution in [1.82, 2.24) is 0 Å². The molecule has 0 fully saturated rings. The second-order valence-electron chi connectivity index (χ2n) is 5.07. The number of carbonyl (C=O) groups excluding carboxylic acids is 1. The minimum atomic E-state index is -4.42. The van der Waals surface area contributed by atoms with Gasteiger partial charge < -0.3 is 9.47 Å². The number of alkyl halides is 3. The smallest absolute Gasteiger partial charge is 0.416 e. The van der Waals surface area contributed by atoms with E-state index in [9.17, 15) is 18.0 Å². The zero-order valence-electron chi connectivity index (χ0n) is 13.1. The van der Waals surface area contributed by atoms with Crippen LogP contribution in [0.4, 0.5) is 13.2 Å². The lowest BCUT2D eigenvalue weighted by atomic mass is 10.1. The van der Waals surface area contributed by atoms with Gasteiger partial charge in [-0.3, -0.25) is 4.79 Å². The number of benzene rings is 2. The Kier molecular flexibility index (Phi) is 5.84. The quantitative estimate of drug-likeness (QED) is 0.733. The van der Waals surface area contributed by atoms with Crippen molar-refractivity contribution < 1.29 is 27.4 Å². The third-order valence-electron chi connectivity index (χ3n) is 3.27. The van der Waals surface area contributed by atoms with Gasteiger partial charge in [0.1, 0.15) is 12.4 Å². The summed E-state index contributed by atoms with van der Waals surface area (Å²) in [6, 6.07) is 11.9. The lowest BCUT2D eigenvalue weighted by molar-refractivity contribution is -0.142. The fraction of sp³-hybridized carbons (Fsp3) is 0.278. The SMILES string of the molecule is CCOC(=O)Cc1cccc(OCc2ccccc2C(F)(F)F)c1. The Morgan fingerprint density at radius 2 is 1.83 bits per heavy atom. The molecule has 128 valence electrons. The van der Waals surface area contributed by atoms with Crippen LogP contribution < -0.4 is 4.74 Å². The molecule has 2 rings (SSSR count). The van der Waals surface area contributed by atoms with Crippen LogP contribution >= 0.6 is 0 Å². The van der Waals surface area contributed by atoms with Gasteiger partial charge in [0.2, 0.25) is 0 Å². The lowest BCUT2D eigenvalue weighted by Gasteiger charge is -2.14. The molecule has 0 radical (unpaired) electrons. The van der Waals surface area contributed by atoms with Crippen molar-refractivity contribution in [3.8, 4) is 5.75 Å². The Morgan fingerprint density at radius 1 is 1.08 bits per heavy atom. The highest BCUT2D eigenvalue weighted by Crippen LogP contribution is 2.32. The molecular formula is C18H17F3O3. The highest BCUT2D eigenvalue weighted by atomic mass is 19.4. The fourth-order valence-electron chi connectivity index (χ4n) is 2.21. The summed E-state index contributed by atoms with van der Waals surface area (Å²) in [6.45, 7) is 1.80. The third-order valence-corrected chi connectivity index (χ3v) is 3.27. The molecule has 0 aliphatic heterocycles. The first-order chi connectivity index (χ1) is 11.4. The van der Waals surface area contributed by atoms with E-state index in [2.05, 4.69) is 0 Å². The molecule has 6 heteroatoms. The number of halogens is 3. The van der Waals surface area contributed by atoms with Gasteiger partial charge in [0, 0.05) is 5.56 Å². The molecule has 0 aromatic heterocycles. The number of carbonyl (C=O) groups is 1. The first-order valence-electron chi connectivity index (χ1n) is 7.42. The molecule has 0 aliphatic rings. The summed E-state index contributed by atoms with van der Waals surface area (Å²) < 4.78 is 49.2. The Hall–Kier alpha value is -2.50. The molecule has 0 atom stereocenters. The minimum absolute atomic E-state index is 0.0563. The summed E-state index contributed by atoms with van der Waals surface area (Å²) in [5, 5.41) is 0. The summed E-state index contributed by atoms with van der Waals surface area (Å²) in [5.74, 6) is 0.0332. The monoisotopic (exact) mass is 338 g/mol. The van der Waals surface area contributed by atoms with Gasteiger partial charge in [-0.1, -0.05) is 30.3 Å². The maximum Gasteiger partial charge on any atom is 0.416 e. The summed E-state index contributed by atoms with van der Waals surface area (Å²) in [6.07, 6.45) is -4.34. The van der Waals surface area contributed by atoms with Crippen molar-refractivity contribution in [2.24, 2.45) is 0 Å². The average molecular weight is 338 g/mol. The standard InChI is InChI=1S/C18H17F3O3/c1-2-23-17(22)11-13-6-5-8-15(10-13)24-12-14-7-3-4-9-16(14)18(19,20)21/h3-10H,2,11-12H2,1H3. The molecule has 2 aromatic carbocycles. The van der Waals surface area contributed by atoms with Gasteiger partial charge in [-0.25, -0.2) is 0 Å². The normalized spacial score (nSPS) is 11.2. The zero-order chi connectivity index (χ0) is 17.6. The van der Waals surface area contributed by atoms with Crippen LogP contribution in [0.25, 0.3) is 0 Å². The van der Waals surface area contributed by atoms with Gasteiger partial charge in [-0.15, -0.1) is 0 Å². The molecule has 3 nitrogen and oxygen atoms in total. The van der Waals surface area contributed by atoms with Crippen LogP contribution in [0.3, 0.4) is 0 Å². The number of ether oxygens (including phenoxy) is 2. The summed E-state index contributed by atoms with van der Waals surface area (Å²) in [5.41, 5.74) is 0.0172. The Balaban J connectivity index is 2.07. The van der Waals surface area contributed by atoms with Crippen LogP contribution in [0.15, 0.2) is 48.5 Å². The van der Waals surface area contributed by atoms with E-state index in [-0.39, 0.29) is 24.6 Å². The molecule has 0 heterocycles. The van der Waals surface area contributed by atoms with Gasteiger partial charge in [-0.2, -0.15) is 13.2 Å². The minimum Gasteiger partial charge on any atom is -0.489 e. The number of esters is 1. The molecule has 0 saturated heterocycles. The van der Waals surface area contributed by atoms with Gasteiger partial charge in [0.15, 0.2) is 0 Å². The van der Waals surface area contributed by atoms with E-state index in [4.69, 9.17) is 9.47 Å². The van der Waals surface area contributed by atoms with Crippen LogP contribution in [-0.2, 0) is 28.7 Å². The van der Waals surface area contributed by atoms with E-state index in [1.165, 1.54) is 18.2 Å². The van der Waals surface area contributed by atoms with Crippen molar-refractivity contribution in [2.45, 2.75) is 26.1 Å². The molecule has 0 unspecified atom stereocenters. The predicted octanol–water partition coefficient (Wildman–Crippen LogP) is 4.39. The number of rotatable bonds is 6. The number of hydrogen-bond donors (Lipinski definition) is 0. The predicted molar refractivity (Wildman–Crippen MR) is 82.6 cm³/mol. The highest BCUT2D eigenvalue weighted by molar-refractivity contribution is 5.72. The van der Waals surface area contributed by atoms with Crippen LogP contribution in [0.5, 0.6) is 5.75 Å². The van der Waals surface area contributed by atoms with E-state index in [0.717, 1.165) is 6.07 Å². The average Bonchev–Trinajstić information content (AvgIpc) is 2.53. The van der Waals surface area contributed by atoms with Gasteiger partial charge in [0.25, 0.3) is 0 Å². The van der Waals surface area contributed by atoms with Crippen molar-refractivity contribution in [3.05, 3.63) is 65.2 Å². The molecule has 24 heavy (non-hydrogen) atoms. The summed E-state index contributed by atoms with van der Waals surface area (Å²) in [7, 11) is 0. The van der Waals surface area contributed by atoms with Crippen molar-refractivity contribution in [2.75, 3.05) is 6.61 Å². The largest absolute Gasteiger partial charge is 0.489 e. The van der Waals surface area contributed by atoms with Crippen molar-refractivity contribution in [1.29, 1.82) is 0 Å². The fourth-order valence-corrected chi connectivity index (χ4v) is 2.21. The maximum absolute atomic E-state index is 12.9. The first-order valence-corrected chi connectivity index (χ1v) is 7.42. The molecule has 0 amide bonds. The van der Waals surface area contributed by atoms with Crippen LogP contribution in [-0.4, -0.2) is 12.6 Å². The van der Waals surface area contributed by atoms with E-state index in [1.54, 1.807) is 31.2 Å². The molecular weight excluding hydrogens is 321 g/mol. The van der Waals surface area contributed by atoms with Crippen LogP contribution in [0.2, 0.25) is 0 Å². The molecule has 2 aromatic rings. The highest BCUT2D eigenvalue weighted by Gasteiger charge is 2.32. The zero-order valence-corrected chi connectivity index (χ0v) is 13.1. The van der Waals surface area contributed by atoms with Crippen LogP contribution in [0, 0.1) is 0 Å². The van der Waals surface area contributed by atoms with Crippen LogP contribution in [0.1, 0.15) is 23.6 Å². The van der Waals surface area contributed by atoms with Crippen molar-refractivity contribution >= 4 is 5.97 Å². The lowest BCUT2D eigenvalue weighted by Crippen LogP contribution is -2.11. The Morgan fingerprint density at radius 3 is 2.54 bits per heavy atom. The molecule has 0 spiro atoms. The van der Waals surface area contributed by atoms with E-state index in [0.29, 0.717) is 17.9 Å². The van der Waals surface area contributed by atoms with E-state index in [1.807, 2.05) is 0 Å². The van der Waals surface area contributed by atoms with E-state index >= 15 is 0 Å². The molecule has 0 saturated carbocycles. The van der Waals surface area contributed by atoms with E-state index < -0.39 is 11.7 Å². The van der Waals surface area contributed by atoms with Gasteiger partial charge in [-0.05, 0) is 30.7 Å². The second kappa shape index (κ2) is 7.86. The first kappa shape index (κ1) is 17.8.